The van der Waals surface area contributed by atoms with E-state index in [0.29, 0.717) is 34.0 Å². The fraction of sp³-hybridized carbons (Fsp3) is 0.190. The third kappa shape index (κ3) is 3.84. The lowest BCUT2D eigenvalue weighted by Gasteiger charge is -2.21. The van der Waals surface area contributed by atoms with Gasteiger partial charge in [-0.05, 0) is 24.3 Å². The number of para-hydroxylation sites is 1. The monoisotopic (exact) mass is 408 g/mol. The number of hydrogen-bond acceptors (Lipinski definition) is 8. The molecule has 7 nitrogen and oxygen atoms in total. The fourth-order valence-corrected chi connectivity index (χ4v) is 3.54. The molecule has 0 saturated carbocycles. The number of nitrogens with one attached hydrogen (secondary N) is 1. The number of thioether (sulfide) groups is 1. The number of anilines is 1. The minimum atomic E-state index is -0.559. The molecule has 1 N–H and O–H groups in total. The maximum absolute atomic E-state index is 6.29. The lowest BCUT2D eigenvalue weighted by atomic mass is 10.1. The normalized spacial score (nSPS) is 14.5. The van der Waals surface area contributed by atoms with Gasteiger partial charge in [-0.2, -0.15) is 4.98 Å². The molecule has 1 aromatic heterocycles. The predicted molar refractivity (Wildman–Crippen MR) is 113 cm³/mol. The lowest BCUT2D eigenvalue weighted by molar-refractivity contribution is 0.219. The quantitative estimate of drug-likeness (QED) is 0.477. The van der Waals surface area contributed by atoms with E-state index in [1.165, 1.54) is 11.8 Å². The Labute approximate surface area is 173 Å². The summed E-state index contributed by atoms with van der Waals surface area (Å²) in [5.41, 5.74) is 3.10. The van der Waals surface area contributed by atoms with Crippen molar-refractivity contribution in [2.75, 3.05) is 25.3 Å². The van der Waals surface area contributed by atoms with Gasteiger partial charge in [0.1, 0.15) is 11.5 Å². The second-order valence-corrected chi connectivity index (χ2v) is 7.13. The van der Waals surface area contributed by atoms with Crippen molar-refractivity contribution in [1.82, 2.24) is 15.2 Å². The van der Waals surface area contributed by atoms with Gasteiger partial charge in [-0.1, -0.05) is 36.0 Å². The van der Waals surface area contributed by atoms with Gasteiger partial charge in [-0.3, -0.25) is 0 Å². The van der Waals surface area contributed by atoms with E-state index in [2.05, 4.69) is 27.1 Å². The van der Waals surface area contributed by atoms with Crippen molar-refractivity contribution in [3.05, 3.63) is 60.7 Å². The molecule has 1 aliphatic rings. The standard InChI is InChI=1S/C21H20N4O3S/c1-4-11-29-21-23-20-18(24-25-21)14-7-5-6-8-16(14)22-19(28-20)15-12-13(26-2)9-10-17(15)27-3/h4-10,12,19,22H,1,11H2,2-3H3/t19-/m0/s1. The Morgan fingerprint density at radius 2 is 2.03 bits per heavy atom. The highest BCUT2D eigenvalue weighted by Gasteiger charge is 2.28. The fourth-order valence-electron chi connectivity index (χ4n) is 3.03. The van der Waals surface area contributed by atoms with Gasteiger partial charge in [0.05, 0.1) is 19.8 Å². The average Bonchev–Trinajstić information content (AvgIpc) is 2.93. The molecular formula is C21H20N4O3S. The van der Waals surface area contributed by atoms with Gasteiger partial charge in [-0.15, -0.1) is 16.8 Å². The molecule has 0 amide bonds. The molecule has 0 fully saturated rings. The lowest BCUT2D eigenvalue weighted by Crippen LogP contribution is -2.18. The zero-order valence-corrected chi connectivity index (χ0v) is 16.9. The number of benzene rings is 2. The van der Waals surface area contributed by atoms with E-state index in [-0.39, 0.29) is 0 Å². The second-order valence-electron chi connectivity index (χ2n) is 6.14. The Bertz CT molecular complexity index is 1040. The van der Waals surface area contributed by atoms with E-state index in [0.717, 1.165) is 16.8 Å². The van der Waals surface area contributed by atoms with Crippen molar-refractivity contribution >= 4 is 17.4 Å². The molecule has 148 valence electrons. The van der Waals surface area contributed by atoms with Gasteiger partial charge < -0.3 is 19.5 Å². The highest BCUT2D eigenvalue weighted by Crippen LogP contribution is 2.41. The highest BCUT2D eigenvalue weighted by molar-refractivity contribution is 7.99. The Hall–Kier alpha value is -3.26. The summed E-state index contributed by atoms with van der Waals surface area (Å²) < 4.78 is 17.2. The molecule has 0 radical (unpaired) electrons. The van der Waals surface area contributed by atoms with Crippen LogP contribution in [0.15, 0.2) is 60.3 Å². The Balaban J connectivity index is 1.83. The molecular weight excluding hydrogens is 388 g/mol. The van der Waals surface area contributed by atoms with Crippen molar-refractivity contribution in [3.63, 3.8) is 0 Å². The summed E-state index contributed by atoms with van der Waals surface area (Å²) in [4.78, 5) is 4.59. The van der Waals surface area contributed by atoms with Crippen LogP contribution < -0.4 is 19.5 Å². The topological polar surface area (TPSA) is 78.4 Å². The zero-order valence-electron chi connectivity index (χ0n) is 16.1. The van der Waals surface area contributed by atoms with Crippen LogP contribution in [0.3, 0.4) is 0 Å². The van der Waals surface area contributed by atoms with E-state index in [1.807, 2.05) is 42.5 Å². The predicted octanol–water partition coefficient (Wildman–Crippen LogP) is 4.34. The summed E-state index contributed by atoms with van der Waals surface area (Å²) in [5, 5.41) is 12.6. The molecule has 29 heavy (non-hydrogen) atoms. The van der Waals surface area contributed by atoms with Crippen LogP contribution in [0.5, 0.6) is 17.4 Å². The van der Waals surface area contributed by atoms with Crippen molar-refractivity contribution in [2.24, 2.45) is 0 Å². The van der Waals surface area contributed by atoms with E-state index in [9.17, 15) is 0 Å². The van der Waals surface area contributed by atoms with Crippen molar-refractivity contribution in [3.8, 4) is 28.6 Å². The summed E-state index contributed by atoms with van der Waals surface area (Å²) in [7, 11) is 3.25. The number of aromatic nitrogens is 3. The number of rotatable bonds is 6. The molecule has 3 aromatic rings. The summed E-state index contributed by atoms with van der Waals surface area (Å²) in [6.07, 6.45) is 1.23. The molecule has 0 saturated heterocycles. The summed E-state index contributed by atoms with van der Waals surface area (Å²) in [6.45, 7) is 3.73. The summed E-state index contributed by atoms with van der Waals surface area (Å²) >= 11 is 1.44. The third-order valence-electron chi connectivity index (χ3n) is 4.38. The smallest absolute Gasteiger partial charge is 0.247 e. The number of nitrogens with zero attached hydrogens (tertiary/aromatic N) is 3. The van der Waals surface area contributed by atoms with Crippen LogP contribution in [0.25, 0.3) is 11.3 Å². The molecule has 0 bridgehead atoms. The van der Waals surface area contributed by atoms with E-state index < -0.39 is 6.23 Å². The van der Waals surface area contributed by atoms with Crippen molar-refractivity contribution in [2.45, 2.75) is 11.4 Å². The van der Waals surface area contributed by atoms with Gasteiger partial charge in [0, 0.05) is 17.0 Å². The van der Waals surface area contributed by atoms with Crippen LogP contribution in [0.2, 0.25) is 0 Å². The Morgan fingerprint density at radius 1 is 1.17 bits per heavy atom. The molecule has 2 heterocycles. The van der Waals surface area contributed by atoms with E-state index in [4.69, 9.17) is 14.2 Å². The van der Waals surface area contributed by atoms with Crippen LogP contribution >= 0.6 is 11.8 Å². The van der Waals surface area contributed by atoms with Crippen LogP contribution in [0, 0.1) is 0 Å². The summed E-state index contributed by atoms with van der Waals surface area (Å²) in [5.74, 6) is 2.46. The van der Waals surface area contributed by atoms with Gasteiger partial charge in [-0.25, -0.2) is 0 Å². The SMILES string of the molecule is C=CCSc1nnc2c(n1)O[C@@H](c1cc(OC)ccc1OC)Nc1ccccc1-2. The van der Waals surface area contributed by atoms with Gasteiger partial charge in [0.15, 0.2) is 5.69 Å². The largest absolute Gasteiger partial charge is 0.497 e. The first-order chi connectivity index (χ1) is 14.2. The number of methoxy groups -OCH3 is 2. The minimum absolute atomic E-state index is 0.402. The Morgan fingerprint density at radius 3 is 2.83 bits per heavy atom. The molecule has 4 rings (SSSR count). The highest BCUT2D eigenvalue weighted by atomic mass is 32.2. The summed E-state index contributed by atoms with van der Waals surface area (Å²) in [6, 6.07) is 13.4. The van der Waals surface area contributed by atoms with E-state index >= 15 is 0 Å². The maximum Gasteiger partial charge on any atom is 0.247 e. The van der Waals surface area contributed by atoms with Gasteiger partial charge in [0.25, 0.3) is 0 Å². The van der Waals surface area contributed by atoms with Crippen molar-refractivity contribution in [1.29, 1.82) is 0 Å². The van der Waals surface area contributed by atoms with Crippen LogP contribution in [0.4, 0.5) is 5.69 Å². The Kier molecular flexibility index (Phi) is 5.53. The molecule has 8 heteroatoms. The van der Waals surface area contributed by atoms with Crippen molar-refractivity contribution < 1.29 is 14.2 Å². The molecule has 0 spiro atoms. The number of hydrogen-bond donors (Lipinski definition) is 1. The molecule has 0 aliphatic carbocycles. The van der Waals surface area contributed by atoms with Crippen LogP contribution in [-0.4, -0.2) is 35.2 Å². The molecule has 1 atom stereocenters. The molecule has 1 aliphatic heterocycles. The second kappa shape index (κ2) is 8.40. The van der Waals surface area contributed by atoms with Crippen LogP contribution in [0.1, 0.15) is 11.8 Å². The van der Waals surface area contributed by atoms with Gasteiger partial charge in [0.2, 0.25) is 17.3 Å². The number of ether oxygens (including phenoxy) is 3. The average molecular weight is 408 g/mol. The third-order valence-corrected chi connectivity index (χ3v) is 5.22. The van der Waals surface area contributed by atoms with Crippen LogP contribution in [-0.2, 0) is 0 Å². The van der Waals surface area contributed by atoms with Gasteiger partial charge >= 0.3 is 0 Å². The zero-order chi connectivity index (χ0) is 20.2. The maximum atomic E-state index is 6.29. The first kappa shape index (κ1) is 19.1. The minimum Gasteiger partial charge on any atom is -0.497 e. The molecule has 0 unspecified atom stereocenters. The molecule has 2 aromatic carbocycles. The first-order valence-electron chi connectivity index (χ1n) is 8.96. The van der Waals surface area contributed by atoms with E-state index in [1.54, 1.807) is 20.3 Å². The first-order valence-corrected chi connectivity index (χ1v) is 9.95. The number of fused-ring (bicyclic) bond motifs is 3.